The SMILES string of the molecule is SB1CCCC1S. The highest BCUT2D eigenvalue weighted by Crippen LogP contribution is 2.24. The Labute approximate surface area is 55.9 Å². The minimum atomic E-state index is 0.573. The summed E-state index contributed by atoms with van der Waals surface area (Å²) in [5.41, 5.74) is 0. The Morgan fingerprint density at radius 3 is 2.43 bits per heavy atom. The van der Waals surface area contributed by atoms with Crippen molar-refractivity contribution in [3.63, 3.8) is 0 Å². The second-order valence-electron chi connectivity index (χ2n) is 2.07. The molecule has 0 N–H and O–H groups in total. The van der Waals surface area contributed by atoms with Crippen LogP contribution in [0.3, 0.4) is 0 Å². The van der Waals surface area contributed by atoms with Crippen LogP contribution in [0, 0.1) is 0 Å². The van der Waals surface area contributed by atoms with Gasteiger partial charge >= 0.3 is 0 Å². The molecule has 0 amide bonds. The fourth-order valence-corrected chi connectivity index (χ4v) is 1.58. The molecular formula is C4H9BS2. The van der Waals surface area contributed by atoms with Crippen LogP contribution in [-0.4, -0.2) is 11.1 Å². The van der Waals surface area contributed by atoms with Crippen molar-refractivity contribution < 1.29 is 0 Å². The zero-order chi connectivity index (χ0) is 5.28. The second-order valence-corrected chi connectivity index (χ2v) is 3.39. The van der Waals surface area contributed by atoms with Gasteiger partial charge in [-0.05, 0) is 11.6 Å². The molecule has 0 spiro atoms. The summed E-state index contributed by atoms with van der Waals surface area (Å²) in [4.78, 5) is 0. The zero-order valence-electron chi connectivity index (χ0n) is 4.17. The van der Waals surface area contributed by atoms with Crippen LogP contribution < -0.4 is 0 Å². The van der Waals surface area contributed by atoms with Crippen LogP contribution in [0.5, 0.6) is 0 Å². The van der Waals surface area contributed by atoms with Crippen molar-refractivity contribution in [2.75, 3.05) is 0 Å². The topological polar surface area (TPSA) is 0 Å². The number of thiol groups is 2. The van der Waals surface area contributed by atoms with Gasteiger partial charge in [-0.1, -0.05) is 12.7 Å². The Hall–Kier alpha value is 0.765. The fraction of sp³-hybridized carbons (Fsp3) is 1.00. The summed E-state index contributed by atoms with van der Waals surface area (Å²) in [6.45, 7) is 0. The molecule has 0 aromatic carbocycles. The van der Waals surface area contributed by atoms with E-state index in [-0.39, 0.29) is 0 Å². The van der Waals surface area contributed by atoms with Gasteiger partial charge < -0.3 is 0 Å². The Bertz CT molecular complexity index is 58.7. The van der Waals surface area contributed by atoms with Crippen molar-refractivity contribution in [1.29, 1.82) is 0 Å². The Morgan fingerprint density at radius 2 is 2.29 bits per heavy atom. The van der Waals surface area contributed by atoms with E-state index in [0.29, 0.717) is 11.1 Å². The third-order valence-electron chi connectivity index (χ3n) is 1.44. The molecule has 0 radical (unpaired) electrons. The Kier molecular flexibility index (Phi) is 1.99. The van der Waals surface area contributed by atoms with Crippen molar-refractivity contribution >= 4 is 31.1 Å². The van der Waals surface area contributed by atoms with Gasteiger partial charge in [-0.3, -0.25) is 0 Å². The van der Waals surface area contributed by atoms with E-state index in [2.05, 4.69) is 25.1 Å². The van der Waals surface area contributed by atoms with E-state index in [9.17, 15) is 0 Å². The van der Waals surface area contributed by atoms with Gasteiger partial charge in [0, 0.05) is 0 Å². The molecular weight excluding hydrogens is 123 g/mol. The average molecular weight is 132 g/mol. The van der Waals surface area contributed by atoms with Crippen LogP contribution >= 0.6 is 25.1 Å². The van der Waals surface area contributed by atoms with Gasteiger partial charge in [-0.15, -0.1) is 0 Å². The van der Waals surface area contributed by atoms with Crippen LogP contribution in [-0.2, 0) is 0 Å². The molecule has 3 heteroatoms. The minimum Gasteiger partial charge on any atom is -0.226 e. The molecule has 0 aromatic heterocycles. The minimum absolute atomic E-state index is 0.573. The summed E-state index contributed by atoms with van der Waals surface area (Å²) < 4.78 is 0. The summed E-state index contributed by atoms with van der Waals surface area (Å²) in [5, 5.41) is 0.573. The summed E-state index contributed by atoms with van der Waals surface area (Å²) in [5.74, 6) is 0.573. The maximum atomic E-state index is 4.31. The molecule has 0 saturated carbocycles. The molecule has 1 heterocycles. The summed E-state index contributed by atoms with van der Waals surface area (Å²) in [6.07, 6.45) is 3.84. The Balaban J connectivity index is 2.33. The van der Waals surface area contributed by atoms with Crippen molar-refractivity contribution in [3.8, 4) is 0 Å². The Morgan fingerprint density at radius 1 is 1.57 bits per heavy atom. The van der Waals surface area contributed by atoms with E-state index < -0.39 is 0 Å². The number of hydrogen-bond acceptors (Lipinski definition) is 2. The van der Waals surface area contributed by atoms with Gasteiger partial charge in [0.15, 0.2) is 0 Å². The van der Waals surface area contributed by atoms with Crippen LogP contribution in [0.4, 0.5) is 0 Å². The molecule has 1 atom stereocenters. The van der Waals surface area contributed by atoms with Gasteiger partial charge in [-0.25, -0.2) is 12.5 Å². The third-order valence-corrected chi connectivity index (χ3v) is 2.92. The van der Waals surface area contributed by atoms with Crippen LogP contribution in [0.2, 0.25) is 6.32 Å². The lowest BCUT2D eigenvalue weighted by atomic mass is 9.74. The number of hydrogen-bond donors (Lipinski definition) is 2. The largest absolute Gasteiger partial charge is 0.226 e. The second kappa shape index (κ2) is 2.36. The smallest absolute Gasteiger partial charge is 0.218 e. The summed E-state index contributed by atoms with van der Waals surface area (Å²) >= 11 is 8.62. The van der Waals surface area contributed by atoms with E-state index in [1.54, 1.807) is 0 Å². The van der Waals surface area contributed by atoms with E-state index in [1.165, 1.54) is 19.2 Å². The lowest BCUT2D eigenvalue weighted by Gasteiger charge is -1.98. The maximum absolute atomic E-state index is 4.31. The monoisotopic (exact) mass is 132 g/mol. The van der Waals surface area contributed by atoms with Crippen molar-refractivity contribution in [2.45, 2.75) is 24.3 Å². The molecule has 1 fully saturated rings. The molecule has 1 saturated heterocycles. The van der Waals surface area contributed by atoms with Crippen LogP contribution in [0.1, 0.15) is 12.8 Å². The normalized spacial score (nSPS) is 31.7. The van der Waals surface area contributed by atoms with Gasteiger partial charge in [-0.2, -0.15) is 12.6 Å². The van der Waals surface area contributed by atoms with Crippen LogP contribution in [0.15, 0.2) is 0 Å². The highest BCUT2D eigenvalue weighted by atomic mass is 32.1. The molecule has 0 bridgehead atoms. The van der Waals surface area contributed by atoms with E-state index in [1.807, 2.05) is 0 Å². The van der Waals surface area contributed by atoms with Gasteiger partial charge in [0.2, 0.25) is 5.99 Å². The molecule has 0 aromatic rings. The summed E-state index contributed by atoms with van der Waals surface area (Å²) in [7, 11) is 0. The maximum Gasteiger partial charge on any atom is 0.218 e. The first-order valence-corrected chi connectivity index (χ1v) is 3.70. The molecule has 1 unspecified atom stereocenters. The first kappa shape index (κ1) is 5.89. The van der Waals surface area contributed by atoms with Gasteiger partial charge in [0.05, 0.1) is 0 Å². The zero-order valence-corrected chi connectivity index (χ0v) is 5.96. The lowest BCUT2D eigenvalue weighted by molar-refractivity contribution is 0.920. The highest BCUT2D eigenvalue weighted by molar-refractivity contribution is 8.13. The van der Waals surface area contributed by atoms with E-state index >= 15 is 0 Å². The molecule has 40 valence electrons. The van der Waals surface area contributed by atoms with Crippen molar-refractivity contribution in [1.82, 2.24) is 0 Å². The molecule has 0 aliphatic carbocycles. The van der Waals surface area contributed by atoms with Gasteiger partial charge in [0.1, 0.15) is 0 Å². The quantitative estimate of drug-likeness (QED) is 0.362. The first-order chi connectivity index (χ1) is 3.30. The lowest BCUT2D eigenvalue weighted by Crippen LogP contribution is -2.10. The molecule has 1 rings (SSSR count). The van der Waals surface area contributed by atoms with Gasteiger partial charge in [0.25, 0.3) is 0 Å². The molecule has 1 aliphatic rings. The predicted octanol–water partition coefficient (Wildman–Crippen LogP) is 1.54. The fourth-order valence-electron chi connectivity index (χ4n) is 0.921. The molecule has 0 nitrogen and oxygen atoms in total. The summed E-state index contributed by atoms with van der Waals surface area (Å²) in [6, 6.07) is 0. The third kappa shape index (κ3) is 1.33. The predicted molar refractivity (Wildman–Crippen MR) is 41.6 cm³/mol. The first-order valence-electron chi connectivity index (χ1n) is 2.67. The average Bonchev–Trinajstić information content (AvgIpc) is 1.91. The number of rotatable bonds is 0. The molecule has 1 aliphatic heterocycles. The highest BCUT2D eigenvalue weighted by Gasteiger charge is 2.23. The van der Waals surface area contributed by atoms with Crippen molar-refractivity contribution in [2.24, 2.45) is 0 Å². The van der Waals surface area contributed by atoms with Crippen molar-refractivity contribution in [3.05, 3.63) is 0 Å². The van der Waals surface area contributed by atoms with E-state index in [0.717, 1.165) is 0 Å². The molecule has 7 heavy (non-hydrogen) atoms. The van der Waals surface area contributed by atoms with Crippen LogP contribution in [0.25, 0.3) is 0 Å². The van der Waals surface area contributed by atoms with E-state index in [4.69, 9.17) is 0 Å². The standard InChI is InChI=1S/C4H9BS2/c6-4-2-1-3-5(4)7/h4,6-7H,1-3H2.